The topological polar surface area (TPSA) is 51.5 Å². The lowest BCUT2D eigenvalue weighted by molar-refractivity contribution is 0.304. The molecule has 5 heteroatoms. The molecule has 0 bridgehead atoms. The third kappa shape index (κ3) is 5.30. The van der Waals surface area contributed by atoms with Crippen LogP contribution in [0.2, 0.25) is 0 Å². The van der Waals surface area contributed by atoms with E-state index in [1.165, 1.54) is 31.2 Å². The van der Waals surface area contributed by atoms with E-state index in [2.05, 4.69) is 40.6 Å². The normalized spacial score (nSPS) is 11.1. The fourth-order valence-corrected chi connectivity index (χ4v) is 2.97. The molecule has 1 N–H and O–H groups in total. The zero-order valence-corrected chi connectivity index (χ0v) is 15.5. The van der Waals surface area contributed by atoms with Gasteiger partial charge < -0.3 is 10.1 Å². The number of hydrogen-bond acceptors (Lipinski definition) is 4. The van der Waals surface area contributed by atoms with Crippen molar-refractivity contribution in [3.05, 3.63) is 60.0 Å². The van der Waals surface area contributed by atoms with E-state index in [0.717, 1.165) is 36.8 Å². The SMILES string of the molecule is CCCCCCCOc1cccc(CNCc2nnc3ccccn23)c1. The van der Waals surface area contributed by atoms with Gasteiger partial charge >= 0.3 is 0 Å². The summed E-state index contributed by atoms with van der Waals surface area (Å²) in [5.41, 5.74) is 2.08. The van der Waals surface area contributed by atoms with Crippen LogP contribution in [0.25, 0.3) is 5.65 Å². The Kier molecular flexibility index (Phi) is 7.02. The van der Waals surface area contributed by atoms with E-state index in [4.69, 9.17) is 4.74 Å². The highest BCUT2D eigenvalue weighted by Crippen LogP contribution is 2.14. The lowest BCUT2D eigenvalue weighted by Crippen LogP contribution is -2.15. The monoisotopic (exact) mass is 352 g/mol. The van der Waals surface area contributed by atoms with Gasteiger partial charge in [-0.2, -0.15) is 0 Å². The van der Waals surface area contributed by atoms with E-state index in [1.807, 2.05) is 34.9 Å². The van der Waals surface area contributed by atoms with Crippen LogP contribution in [0.3, 0.4) is 0 Å². The number of fused-ring (bicyclic) bond motifs is 1. The van der Waals surface area contributed by atoms with Crippen LogP contribution in [0, 0.1) is 0 Å². The summed E-state index contributed by atoms with van der Waals surface area (Å²) >= 11 is 0. The number of aromatic nitrogens is 3. The molecule has 0 saturated carbocycles. The Morgan fingerprint density at radius 2 is 1.88 bits per heavy atom. The maximum Gasteiger partial charge on any atom is 0.160 e. The van der Waals surface area contributed by atoms with E-state index >= 15 is 0 Å². The second-order valence-corrected chi connectivity index (χ2v) is 6.56. The number of nitrogens with one attached hydrogen (secondary N) is 1. The Bertz CT molecular complexity index is 799. The molecule has 0 saturated heterocycles. The summed E-state index contributed by atoms with van der Waals surface area (Å²) in [5, 5.41) is 11.8. The first-order valence-electron chi connectivity index (χ1n) is 9.58. The highest BCUT2D eigenvalue weighted by molar-refractivity contribution is 5.37. The molecule has 2 heterocycles. The molecule has 138 valence electrons. The summed E-state index contributed by atoms with van der Waals surface area (Å²) in [6.45, 7) is 4.48. The molecule has 0 radical (unpaired) electrons. The second kappa shape index (κ2) is 9.92. The zero-order valence-electron chi connectivity index (χ0n) is 15.5. The molecule has 0 aliphatic heterocycles. The van der Waals surface area contributed by atoms with Crippen LogP contribution in [0.1, 0.15) is 50.4 Å². The largest absolute Gasteiger partial charge is 0.494 e. The maximum absolute atomic E-state index is 5.88. The Labute approximate surface area is 155 Å². The summed E-state index contributed by atoms with van der Waals surface area (Å²) in [7, 11) is 0. The Hall–Kier alpha value is -2.40. The van der Waals surface area contributed by atoms with Gasteiger partial charge in [0.2, 0.25) is 0 Å². The second-order valence-electron chi connectivity index (χ2n) is 6.56. The minimum absolute atomic E-state index is 0.674. The van der Waals surface area contributed by atoms with E-state index in [-0.39, 0.29) is 0 Å². The molecule has 26 heavy (non-hydrogen) atoms. The van der Waals surface area contributed by atoms with Crippen molar-refractivity contribution in [2.45, 2.75) is 52.1 Å². The minimum Gasteiger partial charge on any atom is -0.494 e. The van der Waals surface area contributed by atoms with Gasteiger partial charge in [0.25, 0.3) is 0 Å². The van der Waals surface area contributed by atoms with E-state index < -0.39 is 0 Å². The maximum atomic E-state index is 5.88. The van der Waals surface area contributed by atoms with Gasteiger partial charge in [0.15, 0.2) is 11.5 Å². The van der Waals surface area contributed by atoms with Crippen LogP contribution in [-0.4, -0.2) is 21.2 Å². The van der Waals surface area contributed by atoms with E-state index in [1.54, 1.807) is 0 Å². The number of benzene rings is 1. The lowest BCUT2D eigenvalue weighted by Gasteiger charge is -2.09. The number of nitrogens with zero attached hydrogens (tertiary/aromatic N) is 3. The van der Waals surface area contributed by atoms with Crippen LogP contribution in [-0.2, 0) is 13.1 Å². The number of unbranched alkanes of at least 4 members (excludes halogenated alkanes) is 4. The van der Waals surface area contributed by atoms with Crippen molar-refractivity contribution in [2.24, 2.45) is 0 Å². The summed E-state index contributed by atoms with van der Waals surface area (Å²) < 4.78 is 7.89. The lowest BCUT2D eigenvalue weighted by atomic mass is 10.2. The first kappa shape index (κ1) is 18.4. The van der Waals surface area contributed by atoms with Crippen molar-refractivity contribution in [3.63, 3.8) is 0 Å². The van der Waals surface area contributed by atoms with Crippen molar-refractivity contribution in [2.75, 3.05) is 6.61 Å². The van der Waals surface area contributed by atoms with Crippen molar-refractivity contribution in [3.8, 4) is 5.75 Å². The average molecular weight is 352 g/mol. The predicted octanol–water partition coefficient (Wildman–Crippen LogP) is 4.37. The molecule has 3 rings (SSSR count). The van der Waals surface area contributed by atoms with Gasteiger partial charge in [0.1, 0.15) is 5.75 Å². The number of ether oxygens (including phenoxy) is 1. The van der Waals surface area contributed by atoms with Gasteiger partial charge in [0, 0.05) is 12.7 Å². The third-order valence-electron chi connectivity index (χ3n) is 4.41. The van der Waals surface area contributed by atoms with Gasteiger partial charge in [-0.05, 0) is 36.2 Å². The summed E-state index contributed by atoms with van der Waals surface area (Å²) in [6.07, 6.45) is 8.27. The van der Waals surface area contributed by atoms with Crippen LogP contribution in [0.4, 0.5) is 0 Å². The Morgan fingerprint density at radius 3 is 2.81 bits per heavy atom. The quantitative estimate of drug-likeness (QED) is 0.521. The van der Waals surface area contributed by atoms with Gasteiger partial charge in [-0.1, -0.05) is 50.8 Å². The number of pyridine rings is 1. The molecule has 0 aliphatic carbocycles. The van der Waals surface area contributed by atoms with Crippen LogP contribution >= 0.6 is 0 Å². The molecule has 3 aromatic rings. The predicted molar refractivity (Wildman–Crippen MR) is 104 cm³/mol. The van der Waals surface area contributed by atoms with Gasteiger partial charge in [-0.15, -0.1) is 10.2 Å². The molecule has 0 unspecified atom stereocenters. The molecule has 0 fully saturated rings. The highest BCUT2D eigenvalue weighted by atomic mass is 16.5. The van der Waals surface area contributed by atoms with Crippen LogP contribution in [0.15, 0.2) is 48.7 Å². The van der Waals surface area contributed by atoms with Gasteiger partial charge in [-0.3, -0.25) is 4.40 Å². The molecule has 5 nitrogen and oxygen atoms in total. The fourth-order valence-electron chi connectivity index (χ4n) is 2.97. The number of rotatable bonds is 11. The summed E-state index contributed by atoms with van der Waals surface area (Å²) in [6, 6.07) is 14.2. The molecule has 0 spiro atoms. The average Bonchev–Trinajstić information content (AvgIpc) is 3.08. The molecule has 0 amide bonds. The summed E-state index contributed by atoms with van der Waals surface area (Å²) in [4.78, 5) is 0. The standard InChI is InChI=1S/C21H28N4O/c1-2-3-4-5-8-14-26-19-11-9-10-18(15-19)16-22-17-21-24-23-20-12-6-7-13-25(20)21/h6-7,9-13,15,22H,2-5,8,14,16-17H2,1H3. The minimum atomic E-state index is 0.674. The highest BCUT2D eigenvalue weighted by Gasteiger charge is 2.04. The van der Waals surface area contributed by atoms with Crippen molar-refractivity contribution in [1.29, 1.82) is 0 Å². The molecular weight excluding hydrogens is 324 g/mol. The van der Waals surface area contributed by atoms with Gasteiger partial charge in [-0.25, -0.2) is 0 Å². The Balaban J connectivity index is 1.43. The van der Waals surface area contributed by atoms with Crippen molar-refractivity contribution < 1.29 is 4.74 Å². The van der Waals surface area contributed by atoms with Crippen molar-refractivity contribution in [1.82, 2.24) is 19.9 Å². The van der Waals surface area contributed by atoms with Crippen LogP contribution in [0.5, 0.6) is 5.75 Å². The third-order valence-corrected chi connectivity index (χ3v) is 4.41. The Morgan fingerprint density at radius 1 is 0.962 bits per heavy atom. The summed E-state index contributed by atoms with van der Waals surface area (Å²) in [5.74, 6) is 1.87. The molecule has 2 aromatic heterocycles. The van der Waals surface area contributed by atoms with Gasteiger partial charge in [0.05, 0.1) is 13.2 Å². The van der Waals surface area contributed by atoms with E-state index in [0.29, 0.717) is 6.54 Å². The zero-order chi connectivity index (χ0) is 18.0. The van der Waals surface area contributed by atoms with E-state index in [9.17, 15) is 0 Å². The number of hydrogen-bond donors (Lipinski definition) is 1. The first-order valence-corrected chi connectivity index (χ1v) is 9.58. The molecule has 0 aliphatic rings. The first-order chi connectivity index (χ1) is 12.9. The molecular formula is C21H28N4O. The van der Waals surface area contributed by atoms with Crippen LogP contribution < -0.4 is 10.1 Å². The fraction of sp³-hybridized carbons (Fsp3) is 0.429. The smallest absolute Gasteiger partial charge is 0.160 e. The molecule has 1 aromatic carbocycles. The molecule has 0 atom stereocenters. The van der Waals surface area contributed by atoms with Crippen molar-refractivity contribution >= 4 is 5.65 Å².